The van der Waals surface area contributed by atoms with E-state index in [2.05, 4.69) is 31.4 Å². The number of piperazine rings is 1. The number of hydrogen-bond donors (Lipinski definition) is 0. The molecule has 0 unspecified atom stereocenters. The Hall–Kier alpha value is -2.35. The lowest BCUT2D eigenvalue weighted by atomic mass is 10.1. The molecule has 0 radical (unpaired) electrons. The Morgan fingerprint density at radius 1 is 1.04 bits per heavy atom. The molecule has 0 amide bonds. The molecular formula is C19H23F3N4O. The molecule has 0 spiro atoms. The van der Waals surface area contributed by atoms with Gasteiger partial charge in [0.1, 0.15) is 17.9 Å². The maximum Gasteiger partial charge on any atom is 0.573 e. The van der Waals surface area contributed by atoms with Crippen LogP contribution in [0.2, 0.25) is 0 Å². The van der Waals surface area contributed by atoms with Crippen LogP contribution in [-0.2, 0) is 13.0 Å². The molecule has 2 aromatic rings. The fourth-order valence-electron chi connectivity index (χ4n) is 3.35. The van der Waals surface area contributed by atoms with Crippen molar-refractivity contribution in [1.82, 2.24) is 14.9 Å². The molecule has 1 aliphatic rings. The highest BCUT2D eigenvalue weighted by atomic mass is 19.4. The van der Waals surface area contributed by atoms with Crippen LogP contribution in [0, 0.1) is 6.92 Å². The molecule has 0 N–H and O–H groups in total. The standard InChI is InChI=1S/C19H23F3N4O/c1-3-17-14(2)23-13-24-18(17)26-10-8-25(9-11-26)12-15-4-6-16(7-5-15)27-19(20,21)22/h4-7,13H,3,8-12H2,1-2H3. The molecule has 2 heterocycles. The number of hydrogen-bond acceptors (Lipinski definition) is 5. The van der Waals surface area contributed by atoms with Gasteiger partial charge in [0.15, 0.2) is 0 Å². The van der Waals surface area contributed by atoms with Gasteiger partial charge in [0.25, 0.3) is 0 Å². The van der Waals surface area contributed by atoms with Crippen molar-refractivity contribution < 1.29 is 17.9 Å². The zero-order valence-corrected chi connectivity index (χ0v) is 15.5. The number of benzene rings is 1. The van der Waals surface area contributed by atoms with E-state index in [1.165, 1.54) is 17.7 Å². The van der Waals surface area contributed by atoms with E-state index in [1.54, 1.807) is 18.5 Å². The van der Waals surface area contributed by atoms with E-state index >= 15 is 0 Å². The number of aryl methyl sites for hydroxylation is 1. The quantitative estimate of drug-likeness (QED) is 0.793. The molecule has 1 aromatic carbocycles. The first kappa shape index (κ1) is 19.4. The highest BCUT2D eigenvalue weighted by Gasteiger charge is 2.31. The molecule has 27 heavy (non-hydrogen) atoms. The summed E-state index contributed by atoms with van der Waals surface area (Å²) in [4.78, 5) is 13.3. The molecule has 8 heteroatoms. The third-order valence-corrected chi connectivity index (χ3v) is 4.73. The third kappa shape index (κ3) is 5.09. The van der Waals surface area contributed by atoms with Crippen molar-refractivity contribution in [2.75, 3.05) is 31.1 Å². The molecule has 5 nitrogen and oxygen atoms in total. The third-order valence-electron chi connectivity index (χ3n) is 4.73. The molecule has 0 saturated carbocycles. The lowest BCUT2D eigenvalue weighted by molar-refractivity contribution is -0.274. The average Bonchev–Trinajstić information content (AvgIpc) is 2.63. The van der Waals surface area contributed by atoms with Gasteiger partial charge in [-0.05, 0) is 31.0 Å². The summed E-state index contributed by atoms with van der Waals surface area (Å²) >= 11 is 0. The van der Waals surface area contributed by atoms with Gasteiger partial charge >= 0.3 is 6.36 Å². The fourth-order valence-corrected chi connectivity index (χ4v) is 3.35. The lowest BCUT2D eigenvalue weighted by Crippen LogP contribution is -2.46. The van der Waals surface area contributed by atoms with Crippen LogP contribution in [0.3, 0.4) is 0 Å². The van der Waals surface area contributed by atoms with Crippen LogP contribution in [0.1, 0.15) is 23.7 Å². The molecule has 1 aliphatic heterocycles. The topological polar surface area (TPSA) is 41.5 Å². The SMILES string of the molecule is CCc1c(C)ncnc1N1CCN(Cc2ccc(OC(F)(F)F)cc2)CC1. The Bertz CT molecular complexity index is 757. The summed E-state index contributed by atoms with van der Waals surface area (Å²) in [5.41, 5.74) is 3.17. The highest BCUT2D eigenvalue weighted by molar-refractivity contribution is 5.48. The molecule has 0 atom stereocenters. The van der Waals surface area contributed by atoms with Crippen LogP contribution in [0.5, 0.6) is 5.75 Å². The van der Waals surface area contributed by atoms with E-state index in [9.17, 15) is 13.2 Å². The van der Waals surface area contributed by atoms with E-state index < -0.39 is 6.36 Å². The number of ether oxygens (including phenoxy) is 1. The first-order valence-corrected chi connectivity index (χ1v) is 8.98. The van der Waals surface area contributed by atoms with Gasteiger partial charge in [-0.1, -0.05) is 19.1 Å². The summed E-state index contributed by atoms with van der Waals surface area (Å²) in [5.74, 6) is 0.820. The zero-order valence-electron chi connectivity index (χ0n) is 15.5. The number of aromatic nitrogens is 2. The van der Waals surface area contributed by atoms with Crippen molar-refractivity contribution >= 4 is 5.82 Å². The predicted octanol–water partition coefficient (Wildman–Crippen LogP) is 3.57. The Kier molecular flexibility index (Phi) is 5.84. The molecule has 3 rings (SSSR count). The van der Waals surface area contributed by atoms with Gasteiger partial charge in [0.05, 0.1) is 0 Å². The largest absolute Gasteiger partial charge is 0.573 e. The van der Waals surface area contributed by atoms with Gasteiger partial charge in [-0.3, -0.25) is 4.90 Å². The Morgan fingerprint density at radius 3 is 2.30 bits per heavy atom. The summed E-state index contributed by atoms with van der Waals surface area (Å²) in [6, 6.07) is 6.07. The summed E-state index contributed by atoms with van der Waals surface area (Å²) in [6.07, 6.45) is -2.15. The maximum atomic E-state index is 12.2. The van der Waals surface area contributed by atoms with Crippen molar-refractivity contribution in [3.63, 3.8) is 0 Å². The number of nitrogens with zero attached hydrogens (tertiary/aromatic N) is 4. The fraction of sp³-hybridized carbons (Fsp3) is 0.474. The summed E-state index contributed by atoms with van der Waals surface area (Å²) in [7, 11) is 0. The Labute approximate surface area is 156 Å². The van der Waals surface area contributed by atoms with Crippen LogP contribution in [-0.4, -0.2) is 47.4 Å². The minimum absolute atomic E-state index is 0.192. The number of rotatable bonds is 5. The van der Waals surface area contributed by atoms with E-state index in [0.717, 1.165) is 49.7 Å². The first-order chi connectivity index (χ1) is 12.9. The van der Waals surface area contributed by atoms with E-state index in [4.69, 9.17) is 0 Å². The van der Waals surface area contributed by atoms with Gasteiger partial charge in [-0.2, -0.15) is 0 Å². The second kappa shape index (κ2) is 8.12. The lowest BCUT2D eigenvalue weighted by Gasteiger charge is -2.36. The minimum Gasteiger partial charge on any atom is -0.406 e. The summed E-state index contributed by atoms with van der Waals surface area (Å²) in [5, 5.41) is 0. The highest BCUT2D eigenvalue weighted by Crippen LogP contribution is 2.24. The second-order valence-electron chi connectivity index (χ2n) is 6.57. The smallest absolute Gasteiger partial charge is 0.406 e. The van der Waals surface area contributed by atoms with E-state index in [0.29, 0.717) is 6.54 Å². The number of alkyl halides is 3. The summed E-state index contributed by atoms with van der Waals surface area (Å²) in [6.45, 7) is 8.27. The van der Waals surface area contributed by atoms with Gasteiger partial charge in [-0.25, -0.2) is 9.97 Å². The van der Waals surface area contributed by atoms with E-state index in [1.807, 2.05) is 6.92 Å². The maximum absolute atomic E-state index is 12.2. The van der Waals surface area contributed by atoms with Crippen molar-refractivity contribution in [3.05, 3.63) is 47.4 Å². The number of anilines is 1. The van der Waals surface area contributed by atoms with Crippen molar-refractivity contribution in [1.29, 1.82) is 0 Å². The molecule has 1 aromatic heterocycles. The van der Waals surface area contributed by atoms with Crippen molar-refractivity contribution in [2.24, 2.45) is 0 Å². The van der Waals surface area contributed by atoms with Gasteiger partial charge < -0.3 is 9.64 Å². The second-order valence-corrected chi connectivity index (χ2v) is 6.57. The van der Waals surface area contributed by atoms with Gasteiger partial charge in [-0.15, -0.1) is 13.2 Å². The van der Waals surface area contributed by atoms with Crippen LogP contribution in [0.4, 0.5) is 19.0 Å². The van der Waals surface area contributed by atoms with E-state index in [-0.39, 0.29) is 5.75 Å². The van der Waals surface area contributed by atoms with Crippen molar-refractivity contribution in [2.45, 2.75) is 33.2 Å². The Morgan fingerprint density at radius 2 is 1.70 bits per heavy atom. The first-order valence-electron chi connectivity index (χ1n) is 8.98. The predicted molar refractivity (Wildman–Crippen MR) is 96.8 cm³/mol. The van der Waals surface area contributed by atoms with Gasteiger partial charge in [0.2, 0.25) is 0 Å². The summed E-state index contributed by atoms with van der Waals surface area (Å²) < 4.78 is 40.6. The monoisotopic (exact) mass is 380 g/mol. The minimum atomic E-state index is -4.66. The molecule has 0 aliphatic carbocycles. The van der Waals surface area contributed by atoms with Crippen molar-refractivity contribution in [3.8, 4) is 5.75 Å². The van der Waals surface area contributed by atoms with Crippen LogP contribution >= 0.6 is 0 Å². The average molecular weight is 380 g/mol. The normalized spacial score (nSPS) is 15.8. The number of halogens is 3. The molecular weight excluding hydrogens is 357 g/mol. The molecule has 1 fully saturated rings. The molecule has 0 bridgehead atoms. The Balaban J connectivity index is 1.56. The van der Waals surface area contributed by atoms with Crippen LogP contribution < -0.4 is 9.64 Å². The van der Waals surface area contributed by atoms with Gasteiger partial charge in [0, 0.05) is 44.0 Å². The van der Waals surface area contributed by atoms with Crippen LogP contribution in [0.15, 0.2) is 30.6 Å². The molecule has 1 saturated heterocycles. The van der Waals surface area contributed by atoms with Crippen LogP contribution in [0.25, 0.3) is 0 Å². The zero-order chi connectivity index (χ0) is 19.4. The molecule has 146 valence electrons.